The van der Waals surface area contributed by atoms with Crippen LogP contribution in [-0.4, -0.2) is 16.1 Å². The number of pyridine rings is 1. The second-order valence-corrected chi connectivity index (χ2v) is 3.82. The maximum Gasteiger partial charge on any atom is 0.314 e. The van der Waals surface area contributed by atoms with Crippen LogP contribution in [0.1, 0.15) is 18.4 Å². The van der Waals surface area contributed by atoms with Crippen molar-refractivity contribution < 1.29 is 9.90 Å². The fourth-order valence-electron chi connectivity index (χ4n) is 1.60. The van der Waals surface area contributed by atoms with E-state index in [1.165, 1.54) is 12.3 Å². The highest BCUT2D eigenvalue weighted by molar-refractivity contribution is 6.31. The molecule has 4 nitrogen and oxygen atoms in total. The molecular weight excluding hydrogens is 206 g/mol. The summed E-state index contributed by atoms with van der Waals surface area (Å²) in [6.45, 7) is 0. The van der Waals surface area contributed by atoms with Crippen molar-refractivity contribution in [3.63, 3.8) is 0 Å². The molecule has 2 N–H and O–H groups in total. The lowest BCUT2D eigenvalue weighted by atomic mass is 9.98. The summed E-state index contributed by atoms with van der Waals surface area (Å²) in [4.78, 5) is 24.8. The molecule has 5 heteroatoms. The van der Waals surface area contributed by atoms with Gasteiger partial charge in [-0.25, -0.2) is 0 Å². The van der Waals surface area contributed by atoms with Crippen LogP contribution in [0.3, 0.4) is 0 Å². The first-order valence-electron chi connectivity index (χ1n) is 4.19. The number of rotatable bonds is 2. The number of aromatic amines is 1. The summed E-state index contributed by atoms with van der Waals surface area (Å²) < 4.78 is 0. The first-order chi connectivity index (χ1) is 6.58. The molecule has 0 aliphatic heterocycles. The van der Waals surface area contributed by atoms with E-state index in [1.54, 1.807) is 0 Å². The standard InChI is InChI=1S/C9H8ClNO3/c10-5-1-4-11-7(12)6(5)9(2-3-9)8(13)14/h1,4H,2-3H2,(H,11,12)(H,13,14). The molecule has 0 saturated heterocycles. The minimum Gasteiger partial charge on any atom is -0.481 e. The van der Waals surface area contributed by atoms with Gasteiger partial charge in [0, 0.05) is 6.20 Å². The van der Waals surface area contributed by atoms with Crippen molar-refractivity contribution >= 4 is 17.6 Å². The average molecular weight is 214 g/mol. The van der Waals surface area contributed by atoms with Crippen LogP contribution in [0.4, 0.5) is 0 Å². The average Bonchev–Trinajstić information content (AvgIpc) is 2.85. The Hall–Kier alpha value is -1.29. The Labute approximate surface area is 84.5 Å². The van der Waals surface area contributed by atoms with Crippen molar-refractivity contribution in [2.75, 3.05) is 0 Å². The van der Waals surface area contributed by atoms with E-state index in [4.69, 9.17) is 16.7 Å². The Kier molecular flexibility index (Phi) is 1.89. The number of hydrogen-bond donors (Lipinski definition) is 2. The van der Waals surface area contributed by atoms with E-state index in [1.807, 2.05) is 0 Å². The van der Waals surface area contributed by atoms with Crippen molar-refractivity contribution in [1.29, 1.82) is 0 Å². The lowest BCUT2D eigenvalue weighted by Crippen LogP contribution is -2.28. The molecule has 1 aliphatic rings. The monoisotopic (exact) mass is 213 g/mol. The van der Waals surface area contributed by atoms with Gasteiger partial charge in [-0.05, 0) is 18.9 Å². The first-order valence-corrected chi connectivity index (χ1v) is 4.57. The predicted octanol–water partition coefficient (Wildman–Crippen LogP) is 1.14. The van der Waals surface area contributed by atoms with Crippen molar-refractivity contribution in [2.24, 2.45) is 0 Å². The number of carboxylic acids is 1. The van der Waals surface area contributed by atoms with Crippen LogP contribution < -0.4 is 5.56 Å². The van der Waals surface area contributed by atoms with Crippen molar-refractivity contribution in [3.05, 3.63) is 33.2 Å². The molecule has 14 heavy (non-hydrogen) atoms. The third-order valence-electron chi connectivity index (χ3n) is 2.55. The van der Waals surface area contributed by atoms with E-state index in [9.17, 15) is 9.59 Å². The van der Waals surface area contributed by atoms with Crippen LogP contribution in [0, 0.1) is 0 Å². The topological polar surface area (TPSA) is 70.2 Å². The minimum atomic E-state index is -1.04. The molecule has 1 aromatic rings. The van der Waals surface area contributed by atoms with E-state index in [0.717, 1.165) is 0 Å². The van der Waals surface area contributed by atoms with Gasteiger partial charge in [-0.1, -0.05) is 11.6 Å². The lowest BCUT2D eigenvalue weighted by molar-refractivity contribution is -0.140. The summed E-state index contributed by atoms with van der Waals surface area (Å²) in [5.74, 6) is -0.976. The van der Waals surface area contributed by atoms with Gasteiger partial charge in [-0.2, -0.15) is 0 Å². The molecule has 1 heterocycles. The number of halogens is 1. The molecule has 1 fully saturated rings. The normalized spacial score (nSPS) is 17.8. The van der Waals surface area contributed by atoms with Crippen LogP contribution in [0.15, 0.2) is 17.1 Å². The van der Waals surface area contributed by atoms with Gasteiger partial charge in [0.2, 0.25) is 0 Å². The number of aliphatic carboxylic acids is 1. The Bertz CT molecular complexity index is 448. The zero-order valence-electron chi connectivity index (χ0n) is 7.21. The molecule has 0 unspecified atom stereocenters. The number of H-pyrrole nitrogens is 1. The van der Waals surface area contributed by atoms with Crippen molar-refractivity contribution in [2.45, 2.75) is 18.3 Å². The molecule has 0 bridgehead atoms. The molecule has 1 aromatic heterocycles. The summed E-state index contributed by atoms with van der Waals surface area (Å²) in [5.41, 5.74) is -1.25. The zero-order chi connectivity index (χ0) is 10.3. The highest BCUT2D eigenvalue weighted by atomic mass is 35.5. The molecule has 0 spiro atoms. The fourth-order valence-corrected chi connectivity index (χ4v) is 1.93. The van der Waals surface area contributed by atoms with Gasteiger partial charge in [-0.3, -0.25) is 9.59 Å². The van der Waals surface area contributed by atoms with Crippen LogP contribution in [0.25, 0.3) is 0 Å². The zero-order valence-corrected chi connectivity index (χ0v) is 7.97. The van der Waals surface area contributed by atoms with E-state index in [0.29, 0.717) is 12.8 Å². The summed E-state index contributed by atoms with van der Waals surface area (Å²) in [6.07, 6.45) is 2.37. The molecule has 0 aromatic carbocycles. The smallest absolute Gasteiger partial charge is 0.314 e. The highest BCUT2D eigenvalue weighted by Crippen LogP contribution is 2.48. The van der Waals surface area contributed by atoms with Crippen LogP contribution in [0.2, 0.25) is 5.02 Å². The Morgan fingerprint density at radius 2 is 2.21 bits per heavy atom. The molecule has 1 aliphatic carbocycles. The Morgan fingerprint density at radius 1 is 1.57 bits per heavy atom. The van der Waals surface area contributed by atoms with E-state index in [2.05, 4.69) is 4.98 Å². The largest absolute Gasteiger partial charge is 0.481 e. The van der Waals surface area contributed by atoms with Gasteiger partial charge < -0.3 is 10.1 Å². The number of carbonyl (C=O) groups is 1. The van der Waals surface area contributed by atoms with Gasteiger partial charge in [0.05, 0.1) is 16.0 Å². The van der Waals surface area contributed by atoms with Gasteiger partial charge >= 0.3 is 5.97 Å². The summed E-state index contributed by atoms with van der Waals surface area (Å²) in [6, 6.07) is 1.50. The van der Waals surface area contributed by atoms with Gasteiger partial charge in [-0.15, -0.1) is 0 Å². The number of carboxylic acid groups (broad SMARTS) is 1. The van der Waals surface area contributed by atoms with Crippen LogP contribution >= 0.6 is 11.6 Å². The highest BCUT2D eigenvalue weighted by Gasteiger charge is 2.54. The van der Waals surface area contributed by atoms with Crippen LogP contribution in [0.5, 0.6) is 0 Å². The quantitative estimate of drug-likeness (QED) is 0.774. The molecule has 74 valence electrons. The summed E-state index contributed by atoms with van der Waals surface area (Å²) in [5, 5.41) is 9.22. The third-order valence-corrected chi connectivity index (χ3v) is 2.86. The number of aromatic nitrogens is 1. The number of hydrogen-bond acceptors (Lipinski definition) is 2. The maximum atomic E-state index is 11.4. The number of nitrogens with one attached hydrogen (secondary N) is 1. The SMILES string of the molecule is O=C(O)C1(c2c(Cl)cc[nH]c2=O)CC1. The molecule has 2 rings (SSSR count). The minimum absolute atomic E-state index is 0.189. The Morgan fingerprint density at radius 3 is 2.64 bits per heavy atom. The van der Waals surface area contributed by atoms with Crippen LogP contribution in [-0.2, 0) is 10.2 Å². The van der Waals surface area contributed by atoms with Crippen molar-refractivity contribution in [1.82, 2.24) is 4.98 Å². The molecule has 0 radical (unpaired) electrons. The third kappa shape index (κ3) is 1.14. The maximum absolute atomic E-state index is 11.4. The second kappa shape index (κ2) is 2.85. The second-order valence-electron chi connectivity index (χ2n) is 3.42. The summed E-state index contributed by atoms with van der Waals surface area (Å²) >= 11 is 5.81. The fraction of sp³-hybridized carbons (Fsp3) is 0.333. The van der Waals surface area contributed by atoms with Gasteiger partial charge in [0.1, 0.15) is 0 Å². The van der Waals surface area contributed by atoms with Crippen molar-refractivity contribution in [3.8, 4) is 0 Å². The molecular formula is C9H8ClNO3. The van der Waals surface area contributed by atoms with E-state index < -0.39 is 16.9 Å². The molecule has 1 saturated carbocycles. The van der Waals surface area contributed by atoms with Gasteiger partial charge in [0.25, 0.3) is 5.56 Å². The van der Waals surface area contributed by atoms with Gasteiger partial charge in [0.15, 0.2) is 0 Å². The Balaban J connectivity index is 2.63. The predicted molar refractivity (Wildman–Crippen MR) is 50.6 cm³/mol. The summed E-state index contributed by atoms with van der Waals surface area (Å²) in [7, 11) is 0. The van der Waals surface area contributed by atoms with E-state index >= 15 is 0 Å². The first kappa shape index (κ1) is 9.27. The lowest BCUT2D eigenvalue weighted by Gasteiger charge is -2.09. The van der Waals surface area contributed by atoms with E-state index in [-0.39, 0.29) is 10.6 Å². The molecule has 0 atom stereocenters. The molecule has 0 amide bonds.